The van der Waals surface area contributed by atoms with Gasteiger partial charge in [0, 0.05) is 18.7 Å². The van der Waals surface area contributed by atoms with E-state index >= 15 is 0 Å². The van der Waals surface area contributed by atoms with E-state index in [-0.39, 0.29) is 13.4 Å². The molecule has 1 unspecified atom stereocenters. The van der Waals surface area contributed by atoms with Gasteiger partial charge in [-0.25, -0.2) is 0 Å². The lowest BCUT2D eigenvalue weighted by atomic mass is 10.2. The summed E-state index contributed by atoms with van der Waals surface area (Å²) in [7, 11) is 3.60. The number of aliphatic hydroxyl groups excluding tert-OH is 1. The molecule has 0 bridgehead atoms. The number of hydrogen-bond donors (Lipinski definition) is 1. The minimum absolute atomic E-state index is 0.267. The number of benzene rings is 2. The summed E-state index contributed by atoms with van der Waals surface area (Å²) >= 11 is 0. The highest BCUT2D eigenvalue weighted by atomic mass is 16.7. The van der Waals surface area contributed by atoms with Crippen molar-refractivity contribution in [3.63, 3.8) is 0 Å². The van der Waals surface area contributed by atoms with Crippen LogP contribution < -0.4 is 14.2 Å². The predicted molar refractivity (Wildman–Crippen MR) is 97.6 cm³/mol. The van der Waals surface area contributed by atoms with E-state index in [1.807, 2.05) is 49.5 Å². The first-order valence-corrected chi connectivity index (χ1v) is 8.60. The Morgan fingerprint density at radius 3 is 2.81 bits per heavy atom. The van der Waals surface area contributed by atoms with Crippen molar-refractivity contribution in [2.45, 2.75) is 19.3 Å². The number of aliphatic hydroxyl groups is 1. The second kappa shape index (κ2) is 8.89. The number of ether oxygens (including phenoxy) is 4. The standard InChI is InChI=1S/C20H25NO5/c1-21(10-15-7-8-19-20(9-15)26-14-25-19)11-17(22)13-24-12-16-5-3-4-6-18(16)23-2/h3-9,17,22H,10-14H2,1-2H3. The summed E-state index contributed by atoms with van der Waals surface area (Å²) in [5, 5.41) is 10.2. The van der Waals surface area contributed by atoms with Crippen LogP contribution in [0.3, 0.4) is 0 Å². The van der Waals surface area contributed by atoms with Crippen molar-refractivity contribution in [1.29, 1.82) is 0 Å². The van der Waals surface area contributed by atoms with Gasteiger partial charge in [-0.2, -0.15) is 0 Å². The summed E-state index contributed by atoms with van der Waals surface area (Å²) in [6.45, 7) is 2.17. The van der Waals surface area contributed by atoms with Gasteiger partial charge in [0.1, 0.15) is 5.75 Å². The molecule has 2 aromatic carbocycles. The Bertz CT molecular complexity index is 721. The summed E-state index contributed by atoms with van der Waals surface area (Å²) in [5.74, 6) is 2.35. The fraction of sp³-hybridized carbons (Fsp3) is 0.400. The maximum Gasteiger partial charge on any atom is 0.231 e. The van der Waals surface area contributed by atoms with Gasteiger partial charge in [0.05, 0.1) is 26.4 Å². The van der Waals surface area contributed by atoms with Gasteiger partial charge < -0.3 is 24.1 Å². The summed E-state index contributed by atoms with van der Waals surface area (Å²) in [6, 6.07) is 13.6. The summed E-state index contributed by atoms with van der Waals surface area (Å²) in [5.41, 5.74) is 2.08. The fourth-order valence-electron chi connectivity index (χ4n) is 2.96. The van der Waals surface area contributed by atoms with Gasteiger partial charge in [-0.05, 0) is 30.8 Å². The van der Waals surface area contributed by atoms with Gasteiger partial charge in [0.25, 0.3) is 0 Å². The minimum Gasteiger partial charge on any atom is -0.496 e. The average molecular weight is 359 g/mol. The molecule has 0 radical (unpaired) electrons. The summed E-state index contributed by atoms with van der Waals surface area (Å²) in [6.07, 6.45) is -0.566. The fourth-order valence-corrected chi connectivity index (χ4v) is 2.96. The highest BCUT2D eigenvalue weighted by Gasteiger charge is 2.15. The molecule has 0 spiro atoms. The third kappa shape index (κ3) is 4.88. The SMILES string of the molecule is COc1ccccc1COCC(O)CN(C)Cc1ccc2c(c1)OCO2. The van der Waals surface area contributed by atoms with Crippen LogP contribution in [-0.2, 0) is 17.9 Å². The number of nitrogens with zero attached hydrogens (tertiary/aromatic N) is 1. The average Bonchev–Trinajstić information content (AvgIpc) is 3.09. The number of hydrogen-bond acceptors (Lipinski definition) is 6. The molecule has 140 valence electrons. The molecule has 1 N–H and O–H groups in total. The Hall–Kier alpha value is -2.28. The van der Waals surface area contributed by atoms with E-state index < -0.39 is 6.10 Å². The second-order valence-corrected chi connectivity index (χ2v) is 6.37. The first kappa shape index (κ1) is 18.5. The summed E-state index contributed by atoms with van der Waals surface area (Å²) in [4.78, 5) is 2.05. The predicted octanol–water partition coefficient (Wildman–Crippen LogP) is 2.43. The minimum atomic E-state index is -0.566. The van der Waals surface area contributed by atoms with Gasteiger partial charge in [-0.3, -0.25) is 4.90 Å². The molecule has 26 heavy (non-hydrogen) atoms. The molecule has 1 aliphatic heterocycles. The monoisotopic (exact) mass is 359 g/mol. The first-order chi connectivity index (χ1) is 12.7. The highest BCUT2D eigenvalue weighted by Crippen LogP contribution is 2.32. The van der Waals surface area contributed by atoms with E-state index in [1.165, 1.54) is 0 Å². The van der Waals surface area contributed by atoms with Crippen LogP contribution in [0, 0.1) is 0 Å². The van der Waals surface area contributed by atoms with E-state index in [9.17, 15) is 5.11 Å². The van der Waals surface area contributed by atoms with Crippen LogP contribution >= 0.6 is 0 Å². The van der Waals surface area contributed by atoms with Crippen LogP contribution in [-0.4, -0.2) is 50.2 Å². The van der Waals surface area contributed by atoms with Crippen molar-refractivity contribution in [1.82, 2.24) is 4.90 Å². The topological polar surface area (TPSA) is 60.4 Å². The van der Waals surface area contributed by atoms with E-state index in [0.29, 0.717) is 19.7 Å². The normalized spacial score (nSPS) is 13.8. The van der Waals surface area contributed by atoms with Crippen molar-refractivity contribution in [2.75, 3.05) is 34.1 Å². The molecule has 2 aromatic rings. The lowest BCUT2D eigenvalue weighted by molar-refractivity contribution is 0.0122. The molecule has 0 saturated carbocycles. The van der Waals surface area contributed by atoms with Crippen LogP contribution in [0.15, 0.2) is 42.5 Å². The van der Waals surface area contributed by atoms with Crippen molar-refractivity contribution < 1.29 is 24.1 Å². The number of methoxy groups -OCH3 is 1. The van der Waals surface area contributed by atoms with Gasteiger partial charge in [0.15, 0.2) is 11.5 Å². The quantitative estimate of drug-likeness (QED) is 0.742. The number of fused-ring (bicyclic) bond motifs is 1. The first-order valence-electron chi connectivity index (χ1n) is 8.60. The van der Waals surface area contributed by atoms with E-state index in [2.05, 4.69) is 4.90 Å². The molecule has 1 aliphatic rings. The maximum absolute atomic E-state index is 10.2. The van der Waals surface area contributed by atoms with Crippen LogP contribution in [0.5, 0.6) is 17.2 Å². The Kier molecular flexibility index (Phi) is 6.33. The lowest BCUT2D eigenvalue weighted by Crippen LogP contribution is -2.31. The summed E-state index contributed by atoms with van der Waals surface area (Å²) < 4.78 is 21.7. The Labute approximate surface area is 153 Å². The van der Waals surface area contributed by atoms with Crippen LogP contribution in [0.2, 0.25) is 0 Å². The molecule has 1 heterocycles. The van der Waals surface area contributed by atoms with E-state index in [1.54, 1.807) is 7.11 Å². The van der Waals surface area contributed by atoms with Crippen LogP contribution in [0.4, 0.5) is 0 Å². The molecule has 3 rings (SSSR count). The molecule has 1 atom stereocenters. The van der Waals surface area contributed by atoms with Crippen molar-refractivity contribution in [3.05, 3.63) is 53.6 Å². The van der Waals surface area contributed by atoms with Crippen LogP contribution in [0.25, 0.3) is 0 Å². The Morgan fingerprint density at radius 1 is 1.15 bits per heavy atom. The smallest absolute Gasteiger partial charge is 0.231 e. The maximum atomic E-state index is 10.2. The van der Waals surface area contributed by atoms with Gasteiger partial charge in [-0.1, -0.05) is 24.3 Å². The highest BCUT2D eigenvalue weighted by molar-refractivity contribution is 5.44. The molecular weight excluding hydrogens is 334 g/mol. The molecule has 0 saturated heterocycles. The Balaban J connectivity index is 1.42. The third-order valence-electron chi connectivity index (χ3n) is 4.17. The molecule has 6 heteroatoms. The second-order valence-electron chi connectivity index (χ2n) is 6.37. The zero-order chi connectivity index (χ0) is 18.4. The zero-order valence-electron chi connectivity index (χ0n) is 15.2. The number of para-hydroxylation sites is 1. The molecule has 0 aliphatic carbocycles. The van der Waals surface area contributed by atoms with Crippen molar-refractivity contribution >= 4 is 0 Å². The molecule has 0 amide bonds. The van der Waals surface area contributed by atoms with Crippen molar-refractivity contribution in [2.24, 2.45) is 0 Å². The van der Waals surface area contributed by atoms with Crippen LogP contribution in [0.1, 0.15) is 11.1 Å². The molecular formula is C20H25NO5. The van der Waals surface area contributed by atoms with Gasteiger partial charge >= 0.3 is 0 Å². The van der Waals surface area contributed by atoms with E-state index in [0.717, 1.165) is 28.4 Å². The van der Waals surface area contributed by atoms with Gasteiger partial charge in [-0.15, -0.1) is 0 Å². The zero-order valence-corrected chi connectivity index (χ0v) is 15.2. The number of likely N-dealkylation sites (N-methyl/N-ethyl adjacent to an activating group) is 1. The molecule has 0 fully saturated rings. The lowest BCUT2D eigenvalue weighted by Gasteiger charge is -2.21. The molecule has 6 nitrogen and oxygen atoms in total. The Morgan fingerprint density at radius 2 is 1.96 bits per heavy atom. The molecule has 0 aromatic heterocycles. The van der Waals surface area contributed by atoms with E-state index in [4.69, 9.17) is 18.9 Å². The third-order valence-corrected chi connectivity index (χ3v) is 4.17. The number of rotatable bonds is 9. The van der Waals surface area contributed by atoms with Crippen molar-refractivity contribution in [3.8, 4) is 17.2 Å². The largest absolute Gasteiger partial charge is 0.496 e. The van der Waals surface area contributed by atoms with Gasteiger partial charge in [0.2, 0.25) is 6.79 Å².